The molecular weight excluding hydrogens is 160 g/mol. The standard InChI is InChI=1S/C6H10N4S/c1-2-3-4-11-6(9)10-5(7)8/h1H,3-4H2,(H5,7,8,9,10). The number of guanidine groups is 1. The molecule has 0 fully saturated rings. The molecule has 0 radical (unpaired) electrons. The van der Waals surface area contributed by atoms with Crippen LogP contribution in [0, 0.1) is 17.8 Å². The molecule has 0 atom stereocenters. The minimum atomic E-state index is -0.0943. The Kier molecular flexibility index (Phi) is 5.03. The van der Waals surface area contributed by atoms with Crippen molar-refractivity contribution in [3.8, 4) is 12.3 Å². The highest BCUT2D eigenvalue weighted by Crippen LogP contribution is 2.03. The number of terminal acetylenes is 1. The molecule has 0 saturated heterocycles. The number of nitrogens with zero attached hydrogens (tertiary/aromatic N) is 1. The molecule has 0 aliphatic carbocycles. The van der Waals surface area contributed by atoms with Crippen molar-refractivity contribution in [1.82, 2.24) is 0 Å². The minimum absolute atomic E-state index is 0.0943. The third-order valence-corrected chi connectivity index (χ3v) is 1.49. The highest BCUT2D eigenvalue weighted by molar-refractivity contribution is 8.13. The molecular formula is C6H10N4S. The van der Waals surface area contributed by atoms with Gasteiger partial charge in [-0.15, -0.1) is 12.3 Å². The third-order valence-electron chi connectivity index (χ3n) is 0.716. The predicted molar refractivity (Wildman–Crippen MR) is 49.4 cm³/mol. The van der Waals surface area contributed by atoms with Crippen LogP contribution >= 0.6 is 11.8 Å². The Morgan fingerprint density at radius 1 is 1.64 bits per heavy atom. The Labute approximate surface area is 69.9 Å². The number of amidine groups is 1. The topological polar surface area (TPSA) is 88.2 Å². The summed E-state index contributed by atoms with van der Waals surface area (Å²) in [5, 5.41) is 7.24. The summed E-state index contributed by atoms with van der Waals surface area (Å²) >= 11 is 1.22. The van der Waals surface area contributed by atoms with Gasteiger partial charge < -0.3 is 11.5 Å². The molecule has 0 spiro atoms. The Hall–Kier alpha value is -1.15. The van der Waals surface area contributed by atoms with Crippen molar-refractivity contribution in [2.24, 2.45) is 16.5 Å². The summed E-state index contributed by atoms with van der Waals surface area (Å²) in [6, 6.07) is 0. The maximum absolute atomic E-state index is 7.14. The van der Waals surface area contributed by atoms with Crippen LogP contribution in [0.5, 0.6) is 0 Å². The minimum Gasteiger partial charge on any atom is -0.370 e. The van der Waals surface area contributed by atoms with E-state index in [1.807, 2.05) is 0 Å². The van der Waals surface area contributed by atoms with E-state index in [4.69, 9.17) is 23.3 Å². The van der Waals surface area contributed by atoms with Gasteiger partial charge in [0.1, 0.15) is 0 Å². The van der Waals surface area contributed by atoms with Crippen LogP contribution in [0.3, 0.4) is 0 Å². The fourth-order valence-electron chi connectivity index (χ4n) is 0.356. The van der Waals surface area contributed by atoms with Crippen molar-refractivity contribution >= 4 is 22.9 Å². The normalized spacial score (nSPS) is 8.27. The molecule has 0 aromatic carbocycles. The van der Waals surface area contributed by atoms with E-state index in [-0.39, 0.29) is 11.1 Å². The second-order valence-electron chi connectivity index (χ2n) is 1.64. The summed E-state index contributed by atoms with van der Waals surface area (Å²) in [5.74, 6) is 3.03. The zero-order chi connectivity index (χ0) is 8.69. The van der Waals surface area contributed by atoms with E-state index in [1.165, 1.54) is 11.8 Å². The SMILES string of the molecule is C#CCCSC(=N)N=C(N)N. The van der Waals surface area contributed by atoms with Crippen molar-refractivity contribution in [3.05, 3.63) is 0 Å². The number of thioether (sulfide) groups is 1. The van der Waals surface area contributed by atoms with Crippen LogP contribution in [0.15, 0.2) is 4.99 Å². The number of nitrogens with one attached hydrogen (secondary N) is 1. The van der Waals surface area contributed by atoms with Gasteiger partial charge in [0, 0.05) is 12.2 Å². The van der Waals surface area contributed by atoms with Gasteiger partial charge in [-0.05, 0) is 0 Å². The highest BCUT2D eigenvalue weighted by atomic mass is 32.2. The van der Waals surface area contributed by atoms with Crippen molar-refractivity contribution in [3.63, 3.8) is 0 Å². The lowest BCUT2D eigenvalue weighted by Crippen LogP contribution is -2.23. The monoisotopic (exact) mass is 170 g/mol. The first-order valence-corrected chi connectivity index (χ1v) is 3.90. The molecule has 0 aliphatic heterocycles. The number of hydrogen-bond donors (Lipinski definition) is 3. The lowest BCUT2D eigenvalue weighted by molar-refractivity contribution is 1.31. The first kappa shape index (κ1) is 9.85. The van der Waals surface area contributed by atoms with E-state index < -0.39 is 0 Å². The molecule has 60 valence electrons. The average Bonchev–Trinajstić information content (AvgIpc) is 1.86. The predicted octanol–water partition coefficient (Wildman–Crippen LogP) is -0.0489. The first-order valence-electron chi connectivity index (χ1n) is 2.91. The van der Waals surface area contributed by atoms with Crippen molar-refractivity contribution in [2.45, 2.75) is 6.42 Å². The van der Waals surface area contributed by atoms with Crippen molar-refractivity contribution < 1.29 is 0 Å². The van der Waals surface area contributed by atoms with Crippen LogP contribution in [0.4, 0.5) is 0 Å². The summed E-state index contributed by atoms with van der Waals surface area (Å²) in [4.78, 5) is 3.50. The Bertz CT molecular complexity index is 199. The Morgan fingerprint density at radius 2 is 2.27 bits per heavy atom. The number of rotatable bonds is 2. The fraction of sp³-hybridized carbons (Fsp3) is 0.333. The molecule has 0 bridgehead atoms. The fourth-order valence-corrected chi connectivity index (χ4v) is 0.939. The second kappa shape index (κ2) is 5.62. The van der Waals surface area contributed by atoms with Gasteiger partial charge in [-0.3, -0.25) is 5.41 Å². The molecule has 0 aromatic heterocycles. The van der Waals surface area contributed by atoms with Gasteiger partial charge in [-0.2, -0.15) is 4.99 Å². The van der Waals surface area contributed by atoms with Crippen LogP contribution in [0.1, 0.15) is 6.42 Å². The third kappa shape index (κ3) is 6.74. The summed E-state index contributed by atoms with van der Waals surface area (Å²) in [5.41, 5.74) is 10.1. The molecule has 0 aliphatic rings. The molecule has 11 heavy (non-hydrogen) atoms. The zero-order valence-corrected chi connectivity index (χ0v) is 6.82. The maximum Gasteiger partial charge on any atom is 0.193 e. The number of hydrogen-bond acceptors (Lipinski definition) is 2. The smallest absolute Gasteiger partial charge is 0.193 e. The molecule has 0 saturated carbocycles. The van der Waals surface area contributed by atoms with Crippen LogP contribution in [-0.2, 0) is 0 Å². The van der Waals surface area contributed by atoms with Crippen LogP contribution in [0.2, 0.25) is 0 Å². The quantitative estimate of drug-likeness (QED) is 0.235. The van der Waals surface area contributed by atoms with E-state index in [1.54, 1.807) is 0 Å². The van der Waals surface area contributed by atoms with Gasteiger partial charge in [0.25, 0.3) is 0 Å². The lowest BCUT2D eigenvalue weighted by atomic mass is 10.5. The Morgan fingerprint density at radius 3 is 2.73 bits per heavy atom. The van der Waals surface area contributed by atoms with Gasteiger partial charge in [-0.1, -0.05) is 11.8 Å². The van der Waals surface area contributed by atoms with Gasteiger partial charge in [0.05, 0.1) is 0 Å². The van der Waals surface area contributed by atoms with Crippen molar-refractivity contribution in [2.75, 3.05) is 5.75 Å². The van der Waals surface area contributed by atoms with E-state index in [0.717, 1.165) is 0 Å². The molecule has 0 unspecified atom stereocenters. The lowest BCUT2D eigenvalue weighted by Gasteiger charge is -1.94. The summed E-state index contributed by atoms with van der Waals surface area (Å²) in [6.07, 6.45) is 5.62. The molecule has 0 rings (SSSR count). The van der Waals surface area contributed by atoms with Crippen molar-refractivity contribution in [1.29, 1.82) is 5.41 Å². The van der Waals surface area contributed by atoms with E-state index in [0.29, 0.717) is 12.2 Å². The Balaban J connectivity index is 3.56. The van der Waals surface area contributed by atoms with Gasteiger partial charge in [0.15, 0.2) is 11.1 Å². The summed E-state index contributed by atoms with van der Waals surface area (Å²) < 4.78 is 0. The van der Waals surface area contributed by atoms with Gasteiger partial charge in [0.2, 0.25) is 0 Å². The number of aliphatic imine (C=N–C) groups is 1. The zero-order valence-electron chi connectivity index (χ0n) is 6.00. The van der Waals surface area contributed by atoms with E-state index in [9.17, 15) is 0 Å². The summed E-state index contributed by atoms with van der Waals surface area (Å²) in [6.45, 7) is 0. The van der Waals surface area contributed by atoms with Crippen LogP contribution in [0.25, 0.3) is 0 Å². The van der Waals surface area contributed by atoms with Crippen LogP contribution in [-0.4, -0.2) is 16.9 Å². The maximum atomic E-state index is 7.14. The molecule has 0 aromatic rings. The van der Waals surface area contributed by atoms with E-state index >= 15 is 0 Å². The first-order chi connectivity index (χ1) is 5.16. The second-order valence-corrected chi connectivity index (χ2v) is 2.73. The molecule has 5 heteroatoms. The molecule has 0 amide bonds. The summed E-state index contributed by atoms with van der Waals surface area (Å²) in [7, 11) is 0. The molecule has 0 heterocycles. The van der Waals surface area contributed by atoms with Crippen LogP contribution < -0.4 is 11.5 Å². The molecule has 5 N–H and O–H groups in total. The largest absolute Gasteiger partial charge is 0.370 e. The van der Waals surface area contributed by atoms with E-state index in [2.05, 4.69) is 10.9 Å². The van der Waals surface area contributed by atoms with Gasteiger partial charge >= 0.3 is 0 Å². The number of nitrogens with two attached hydrogens (primary N) is 2. The highest BCUT2D eigenvalue weighted by Gasteiger charge is 1.93. The average molecular weight is 170 g/mol. The van der Waals surface area contributed by atoms with Gasteiger partial charge in [-0.25, -0.2) is 0 Å². The molecule has 4 nitrogen and oxygen atoms in total.